The number of rotatable bonds is 5. The molecule has 6 rings (SSSR count). The summed E-state index contributed by atoms with van der Waals surface area (Å²) in [4.78, 5) is 24.7. The Morgan fingerprint density at radius 3 is 2.75 bits per heavy atom. The van der Waals surface area contributed by atoms with Crippen LogP contribution in [0.1, 0.15) is 29.6 Å². The van der Waals surface area contributed by atoms with Crippen LogP contribution in [0, 0.1) is 5.82 Å². The number of fused-ring (bicyclic) bond motifs is 3. The molecule has 3 N–H and O–H groups in total. The molecule has 5 heterocycles. The number of hydrogen-bond acceptors (Lipinski definition) is 5. The number of carbonyl (C=O) groups excluding carboxylic acids is 1. The van der Waals surface area contributed by atoms with Crippen LogP contribution in [-0.2, 0) is 7.05 Å². The molecule has 0 bridgehead atoms. The zero-order valence-electron chi connectivity index (χ0n) is 19.9. The Morgan fingerprint density at radius 2 is 2.00 bits per heavy atom. The summed E-state index contributed by atoms with van der Waals surface area (Å²) >= 11 is 0. The van der Waals surface area contributed by atoms with E-state index in [-0.39, 0.29) is 5.91 Å². The number of amides is 1. The van der Waals surface area contributed by atoms with Crippen molar-refractivity contribution in [3.8, 4) is 22.4 Å². The fourth-order valence-electron chi connectivity index (χ4n) is 4.93. The highest BCUT2D eigenvalue weighted by molar-refractivity contribution is 6.13. The maximum atomic E-state index is 15.2. The lowest BCUT2D eigenvalue weighted by atomic mass is 9.99. The summed E-state index contributed by atoms with van der Waals surface area (Å²) in [6.45, 7) is 1.59. The maximum Gasteiger partial charge on any atom is 0.251 e. The zero-order chi connectivity index (χ0) is 24.6. The number of carbonyl (C=O) groups is 1. The fourth-order valence-corrected chi connectivity index (χ4v) is 4.93. The Labute approximate surface area is 207 Å². The first-order valence-electron chi connectivity index (χ1n) is 12.1. The zero-order valence-corrected chi connectivity index (χ0v) is 19.9. The molecule has 1 aromatic carbocycles. The van der Waals surface area contributed by atoms with Crippen molar-refractivity contribution in [1.29, 1.82) is 0 Å². The van der Waals surface area contributed by atoms with Gasteiger partial charge in [0.1, 0.15) is 11.5 Å². The molecule has 4 aromatic heterocycles. The predicted octanol–water partition coefficient (Wildman–Crippen LogP) is 4.19. The van der Waals surface area contributed by atoms with Crippen molar-refractivity contribution in [3.05, 3.63) is 66.5 Å². The molecule has 8 nitrogen and oxygen atoms in total. The van der Waals surface area contributed by atoms with Crippen LogP contribution in [0.4, 0.5) is 4.39 Å². The Kier molecular flexibility index (Phi) is 5.69. The number of nitrogens with one attached hydrogen (secondary N) is 3. The largest absolute Gasteiger partial charge is 0.350 e. The van der Waals surface area contributed by atoms with E-state index < -0.39 is 5.82 Å². The third-order valence-electron chi connectivity index (χ3n) is 6.82. The van der Waals surface area contributed by atoms with Crippen molar-refractivity contribution < 1.29 is 9.18 Å². The average Bonchev–Trinajstić information content (AvgIpc) is 3.51. The van der Waals surface area contributed by atoms with Gasteiger partial charge in [-0.05, 0) is 43.1 Å². The van der Waals surface area contributed by atoms with Gasteiger partial charge in [0.05, 0.1) is 29.8 Å². The quantitative estimate of drug-likeness (QED) is 0.348. The molecule has 1 fully saturated rings. The molecule has 0 spiro atoms. The number of piperidine rings is 1. The molecule has 0 aliphatic carbocycles. The standard InChI is InChI=1S/C27H26FN7O/c1-35-15-18(11-33-35)22-10-20-23(14-30-22)34-26-25(20)24(21(28)13-31-26)16-5-7-17(8-6-16)27(36)32-12-19-4-2-3-9-29-19/h5-8,10-11,13-15,19,29H,2-4,9,12H2,1H3,(H,31,34)(H,32,36)/t19-/m1/s1. The third kappa shape index (κ3) is 4.11. The van der Waals surface area contributed by atoms with Crippen molar-refractivity contribution >= 4 is 27.8 Å². The second-order valence-corrected chi connectivity index (χ2v) is 9.28. The van der Waals surface area contributed by atoms with Crippen LogP contribution >= 0.6 is 0 Å². The van der Waals surface area contributed by atoms with E-state index >= 15 is 4.39 Å². The molecule has 1 aliphatic rings. The van der Waals surface area contributed by atoms with E-state index in [0.717, 1.165) is 35.1 Å². The first kappa shape index (κ1) is 22.4. The molecule has 5 aromatic rings. The van der Waals surface area contributed by atoms with Crippen molar-refractivity contribution in [2.45, 2.75) is 25.3 Å². The number of aromatic nitrogens is 5. The van der Waals surface area contributed by atoms with Crippen LogP contribution in [0.15, 0.2) is 55.1 Å². The number of pyridine rings is 2. The Morgan fingerprint density at radius 1 is 1.14 bits per heavy atom. The van der Waals surface area contributed by atoms with E-state index in [4.69, 9.17) is 0 Å². The first-order chi connectivity index (χ1) is 17.6. The van der Waals surface area contributed by atoms with Gasteiger partial charge in [-0.15, -0.1) is 0 Å². The van der Waals surface area contributed by atoms with Gasteiger partial charge in [0, 0.05) is 53.3 Å². The van der Waals surface area contributed by atoms with Gasteiger partial charge in [0.15, 0.2) is 0 Å². The fraction of sp³-hybridized carbons (Fsp3) is 0.259. The summed E-state index contributed by atoms with van der Waals surface area (Å²) in [5.41, 5.74) is 4.61. The minimum Gasteiger partial charge on any atom is -0.350 e. The lowest BCUT2D eigenvalue weighted by Gasteiger charge is -2.23. The topological polar surface area (TPSA) is 101 Å². The van der Waals surface area contributed by atoms with Crippen LogP contribution in [0.5, 0.6) is 0 Å². The lowest BCUT2D eigenvalue weighted by Crippen LogP contribution is -2.43. The van der Waals surface area contributed by atoms with Crippen LogP contribution in [-0.4, -0.2) is 49.8 Å². The molecular weight excluding hydrogens is 457 g/mol. The minimum absolute atomic E-state index is 0.131. The second kappa shape index (κ2) is 9.16. The van der Waals surface area contributed by atoms with E-state index in [1.807, 2.05) is 19.3 Å². The van der Waals surface area contributed by atoms with Crippen LogP contribution in [0.2, 0.25) is 0 Å². The molecule has 1 saturated heterocycles. The first-order valence-corrected chi connectivity index (χ1v) is 12.1. The molecule has 36 heavy (non-hydrogen) atoms. The van der Waals surface area contributed by atoms with E-state index in [1.165, 1.54) is 19.0 Å². The highest BCUT2D eigenvalue weighted by Crippen LogP contribution is 2.36. The van der Waals surface area contributed by atoms with Gasteiger partial charge in [-0.1, -0.05) is 18.6 Å². The number of hydrogen-bond donors (Lipinski definition) is 3. The van der Waals surface area contributed by atoms with Gasteiger partial charge < -0.3 is 15.6 Å². The van der Waals surface area contributed by atoms with Crippen LogP contribution in [0.25, 0.3) is 44.3 Å². The van der Waals surface area contributed by atoms with Crippen molar-refractivity contribution in [2.24, 2.45) is 7.05 Å². The predicted molar refractivity (Wildman–Crippen MR) is 137 cm³/mol. The number of H-pyrrole nitrogens is 1. The number of aromatic amines is 1. The monoisotopic (exact) mass is 483 g/mol. The highest BCUT2D eigenvalue weighted by atomic mass is 19.1. The van der Waals surface area contributed by atoms with Gasteiger partial charge in [0.25, 0.3) is 5.91 Å². The summed E-state index contributed by atoms with van der Waals surface area (Å²) in [7, 11) is 1.85. The molecule has 0 saturated carbocycles. The second-order valence-electron chi connectivity index (χ2n) is 9.28. The average molecular weight is 484 g/mol. The van der Waals surface area contributed by atoms with Gasteiger partial charge >= 0.3 is 0 Å². The number of nitrogens with zero attached hydrogens (tertiary/aromatic N) is 4. The van der Waals surface area contributed by atoms with Gasteiger partial charge in [-0.2, -0.15) is 5.10 Å². The lowest BCUT2D eigenvalue weighted by molar-refractivity contribution is 0.0948. The SMILES string of the molecule is Cn1cc(-c2cc3c(cn2)[nH]c2ncc(F)c(-c4ccc(C(=O)NC[C@H]5CCCCN5)cc4)c23)cn1. The summed E-state index contributed by atoms with van der Waals surface area (Å²) in [5, 5.41) is 12.2. The van der Waals surface area contributed by atoms with Crippen LogP contribution in [0.3, 0.4) is 0 Å². The maximum absolute atomic E-state index is 15.2. The van der Waals surface area contributed by atoms with Gasteiger partial charge in [0.2, 0.25) is 0 Å². The highest BCUT2D eigenvalue weighted by Gasteiger charge is 2.19. The molecule has 1 amide bonds. The number of halogens is 1. The minimum atomic E-state index is -0.427. The van der Waals surface area contributed by atoms with Crippen molar-refractivity contribution in [1.82, 2.24) is 35.4 Å². The van der Waals surface area contributed by atoms with E-state index in [1.54, 1.807) is 41.3 Å². The van der Waals surface area contributed by atoms with Crippen molar-refractivity contribution in [3.63, 3.8) is 0 Å². The molecule has 0 unspecified atom stereocenters. The number of aryl methyl sites for hydroxylation is 1. The molecular formula is C27H26FN7O. The molecule has 0 radical (unpaired) electrons. The van der Waals surface area contributed by atoms with E-state index in [9.17, 15) is 4.79 Å². The molecule has 9 heteroatoms. The Balaban J connectivity index is 1.34. The smallest absolute Gasteiger partial charge is 0.251 e. The summed E-state index contributed by atoms with van der Waals surface area (Å²) < 4.78 is 16.9. The Bertz CT molecular complexity index is 1560. The Hall–Kier alpha value is -4.11. The normalized spacial score (nSPS) is 16.0. The van der Waals surface area contributed by atoms with Gasteiger partial charge in [-0.25, -0.2) is 9.37 Å². The van der Waals surface area contributed by atoms with Crippen molar-refractivity contribution in [2.75, 3.05) is 13.1 Å². The van der Waals surface area contributed by atoms with Crippen LogP contribution < -0.4 is 10.6 Å². The summed E-state index contributed by atoms with van der Waals surface area (Å²) in [6.07, 6.45) is 10.0. The molecule has 1 aliphatic heterocycles. The van der Waals surface area contributed by atoms with E-state index in [2.05, 4.69) is 30.7 Å². The van der Waals surface area contributed by atoms with Gasteiger partial charge in [-0.3, -0.25) is 14.5 Å². The summed E-state index contributed by atoms with van der Waals surface area (Å²) in [6, 6.07) is 9.29. The molecule has 182 valence electrons. The summed E-state index contributed by atoms with van der Waals surface area (Å²) in [5.74, 6) is -0.558. The number of benzene rings is 1. The van der Waals surface area contributed by atoms with E-state index in [0.29, 0.717) is 40.3 Å². The molecule has 1 atom stereocenters. The third-order valence-corrected chi connectivity index (χ3v) is 6.82.